The van der Waals surface area contributed by atoms with Gasteiger partial charge in [0.1, 0.15) is 5.01 Å². The van der Waals surface area contributed by atoms with Crippen LogP contribution in [0, 0.1) is 5.92 Å². The van der Waals surface area contributed by atoms with Gasteiger partial charge in [-0.2, -0.15) is 0 Å². The van der Waals surface area contributed by atoms with Crippen LogP contribution in [0.3, 0.4) is 0 Å². The zero-order valence-corrected chi connectivity index (χ0v) is 10.2. The van der Waals surface area contributed by atoms with E-state index in [1.165, 1.54) is 0 Å². The Morgan fingerprint density at radius 3 is 3.31 bits per heavy atom. The van der Waals surface area contributed by atoms with Crippen LogP contribution in [0.2, 0.25) is 0 Å². The molecule has 1 amide bonds. The fourth-order valence-electron chi connectivity index (χ4n) is 2.02. The van der Waals surface area contributed by atoms with Crippen LogP contribution in [-0.4, -0.2) is 23.5 Å². The number of carbonyl (C=O) groups excluding carboxylic acids is 1. The summed E-state index contributed by atoms with van der Waals surface area (Å²) in [6.07, 6.45) is 3.64. The van der Waals surface area contributed by atoms with Crippen molar-refractivity contribution in [3.63, 3.8) is 0 Å². The normalized spacial score (nSPS) is 25.3. The molecule has 4 nitrogen and oxygen atoms in total. The van der Waals surface area contributed by atoms with Gasteiger partial charge < -0.3 is 10.6 Å². The highest BCUT2D eigenvalue weighted by molar-refractivity contribution is 7.09. The van der Waals surface area contributed by atoms with E-state index in [-0.39, 0.29) is 11.8 Å². The van der Waals surface area contributed by atoms with Crippen LogP contribution in [0.4, 0.5) is 0 Å². The van der Waals surface area contributed by atoms with Crippen molar-refractivity contribution < 1.29 is 4.79 Å². The first-order chi connectivity index (χ1) is 7.75. The van der Waals surface area contributed by atoms with Crippen molar-refractivity contribution >= 4 is 17.2 Å². The van der Waals surface area contributed by atoms with E-state index in [1.54, 1.807) is 17.5 Å². The summed E-state index contributed by atoms with van der Waals surface area (Å²) in [7, 11) is 0. The first-order valence-electron chi connectivity index (χ1n) is 5.65. The number of aromatic nitrogens is 1. The Balaban J connectivity index is 1.79. The van der Waals surface area contributed by atoms with Gasteiger partial charge in [0.25, 0.3) is 0 Å². The second kappa shape index (κ2) is 5.41. The Hall–Kier alpha value is -0.940. The minimum Gasteiger partial charge on any atom is -0.349 e. The molecule has 88 valence electrons. The molecule has 0 radical (unpaired) electrons. The van der Waals surface area contributed by atoms with Crippen molar-refractivity contribution in [2.75, 3.05) is 6.54 Å². The van der Waals surface area contributed by atoms with E-state index in [1.807, 2.05) is 5.38 Å². The van der Waals surface area contributed by atoms with Crippen molar-refractivity contribution in [3.05, 3.63) is 16.6 Å². The molecule has 2 rings (SSSR count). The molecule has 0 spiro atoms. The lowest BCUT2D eigenvalue weighted by molar-refractivity contribution is -0.126. The number of hydrogen-bond donors (Lipinski definition) is 2. The van der Waals surface area contributed by atoms with Crippen LogP contribution in [0.15, 0.2) is 11.6 Å². The van der Waals surface area contributed by atoms with Crippen molar-refractivity contribution in [2.24, 2.45) is 5.92 Å². The first kappa shape index (κ1) is 11.5. The van der Waals surface area contributed by atoms with Crippen LogP contribution >= 0.6 is 11.3 Å². The van der Waals surface area contributed by atoms with Crippen molar-refractivity contribution in [1.29, 1.82) is 0 Å². The SMILES string of the molecule is CC1CC(C(=O)NCc2nccs2)CCN1. The average Bonchev–Trinajstić information content (AvgIpc) is 2.78. The predicted molar refractivity (Wildman–Crippen MR) is 64.1 cm³/mol. The van der Waals surface area contributed by atoms with Gasteiger partial charge in [-0.1, -0.05) is 0 Å². The van der Waals surface area contributed by atoms with Gasteiger partial charge in [0.15, 0.2) is 0 Å². The zero-order chi connectivity index (χ0) is 11.4. The molecule has 0 bridgehead atoms. The Labute approximate surface area is 99.5 Å². The van der Waals surface area contributed by atoms with Gasteiger partial charge in [-0.3, -0.25) is 4.79 Å². The maximum atomic E-state index is 11.9. The second-order valence-electron chi connectivity index (χ2n) is 4.22. The summed E-state index contributed by atoms with van der Waals surface area (Å²) in [4.78, 5) is 16.0. The van der Waals surface area contributed by atoms with Crippen molar-refractivity contribution in [2.45, 2.75) is 32.4 Å². The molecular formula is C11H17N3OS. The van der Waals surface area contributed by atoms with Gasteiger partial charge in [-0.15, -0.1) is 11.3 Å². The van der Waals surface area contributed by atoms with Gasteiger partial charge in [-0.05, 0) is 26.3 Å². The summed E-state index contributed by atoms with van der Waals surface area (Å²) in [6.45, 7) is 3.63. The smallest absolute Gasteiger partial charge is 0.223 e. The summed E-state index contributed by atoms with van der Waals surface area (Å²) in [5, 5.41) is 9.20. The van der Waals surface area contributed by atoms with E-state index < -0.39 is 0 Å². The molecule has 16 heavy (non-hydrogen) atoms. The number of nitrogens with one attached hydrogen (secondary N) is 2. The fourth-order valence-corrected chi connectivity index (χ4v) is 2.57. The summed E-state index contributed by atoms with van der Waals surface area (Å²) >= 11 is 1.57. The van der Waals surface area contributed by atoms with Gasteiger partial charge in [0, 0.05) is 23.5 Å². The van der Waals surface area contributed by atoms with E-state index in [4.69, 9.17) is 0 Å². The van der Waals surface area contributed by atoms with Gasteiger partial charge in [0.05, 0.1) is 6.54 Å². The zero-order valence-electron chi connectivity index (χ0n) is 9.40. The molecule has 1 aliphatic heterocycles. The maximum absolute atomic E-state index is 11.9. The van der Waals surface area contributed by atoms with E-state index in [0.29, 0.717) is 12.6 Å². The maximum Gasteiger partial charge on any atom is 0.223 e. The van der Waals surface area contributed by atoms with Crippen molar-refractivity contribution in [3.8, 4) is 0 Å². The summed E-state index contributed by atoms with van der Waals surface area (Å²) in [5.74, 6) is 0.333. The quantitative estimate of drug-likeness (QED) is 0.832. The Bertz CT molecular complexity index is 339. The number of hydrogen-bond acceptors (Lipinski definition) is 4. The van der Waals surface area contributed by atoms with Gasteiger partial charge >= 0.3 is 0 Å². The molecule has 1 fully saturated rings. The lowest BCUT2D eigenvalue weighted by atomic mass is 9.92. The van der Waals surface area contributed by atoms with Crippen LogP contribution in [0.1, 0.15) is 24.8 Å². The van der Waals surface area contributed by atoms with E-state index >= 15 is 0 Å². The summed E-state index contributed by atoms with van der Waals surface area (Å²) in [5.41, 5.74) is 0. The molecule has 2 heterocycles. The number of amides is 1. The second-order valence-corrected chi connectivity index (χ2v) is 5.20. The topological polar surface area (TPSA) is 54.0 Å². The summed E-state index contributed by atoms with van der Waals surface area (Å²) < 4.78 is 0. The number of rotatable bonds is 3. The minimum atomic E-state index is 0.163. The lowest BCUT2D eigenvalue weighted by Crippen LogP contribution is -2.42. The first-order valence-corrected chi connectivity index (χ1v) is 6.53. The van der Waals surface area contributed by atoms with E-state index in [0.717, 1.165) is 24.4 Å². The highest BCUT2D eigenvalue weighted by atomic mass is 32.1. The molecule has 0 aromatic carbocycles. The number of nitrogens with zero attached hydrogens (tertiary/aromatic N) is 1. The van der Waals surface area contributed by atoms with E-state index in [9.17, 15) is 4.79 Å². The van der Waals surface area contributed by atoms with E-state index in [2.05, 4.69) is 22.5 Å². The third kappa shape index (κ3) is 3.02. The van der Waals surface area contributed by atoms with Crippen LogP contribution < -0.4 is 10.6 Å². The highest BCUT2D eigenvalue weighted by Crippen LogP contribution is 2.16. The largest absolute Gasteiger partial charge is 0.349 e. The monoisotopic (exact) mass is 239 g/mol. The number of carbonyl (C=O) groups is 1. The highest BCUT2D eigenvalue weighted by Gasteiger charge is 2.24. The molecule has 2 N–H and O–H groups in total. The van der Waals surface area contributed by atoms with Gasteiger partial charge in [-0.25, -0.2) is 4.98 Å². The summed E-state index contributed by atoms with van der Waals surface area (Å²) in [6, 6.07) is 0.448. The molecule has 1 aromatic rings. The molecule has 5 heteroatoms. The molecule has 1 aliphatic rings. The molecule has 1 aromatic heterocycles. The molecule has 0 saturated carbocycles. The predicted octanol–water partition coefficient (Wildman–Crippen LogP) is 1.15. The molecule has 2 unspecified atom stereocenters. The molecular weight excluding hydrogens is 222 g/mol. The van der Waals surface area contributed by atoms with Crippen LogP contribution in [0.25, 0.3) is 0 Å². The third-order valence-corrected chi connectivity index (χ3v) is 3.67. The number of thiazole rings is 1. The number of piperidine rings is 1. The standard InChI is InChI=1S/C11H17N3OS/c1-8-6-9(2-3-12-8)11(15)14-7-10-13-4-5-16-10/h4-5,8-9,12H,2-3,6-7H2,1H3,(H,14,15). The average molecular weight is 239 g/mol. The Kier molecular flexibility index (Phi) is 3.90. The van der Waals surface area contributed by atoms with Gasteiger partial charge in [0.2, 0.25) is 5.91 Å². The van der Waals surface area contributed by atoms with Crippen LogP contribution in [0.5, 0.6) is 0 Å². The third-order valence-electron chi connectivity index (χ3n) is 2.89. The Morgan fingerprint density at radius 2 is 2.62 bits per heavy atom. The van der Waals surface area contributed by atoms with Crippen LogP contribution in [-0.2, 0) is 11.3 Å². The minimum absolute atomic E-state index is 0.163. The molecule has 1 saturated heterocycles. The molecule has 0 aliphatic carbocycles. The fraction of sp³-hybridized carbons (Fsp3) is 0.636. The molecule has 2 atom stereocenters. The van der Waals surface area contributed by atoms with Crippen molar-refractivity contribution in [1.82, 2.24) is 15.6 Å². The lowest BCUT2D eigenvalue weighted by Gasteiger charge is -2.26. The Morgan fingerprint density at radius 1 is 1.75 bits per heavy atom.